The number of hydrogen-bond acceptors (Lipinski definition) is 28. The summed E-state index contributed by atoms with van der Waals surface area (Å²) in [6.45, 7) is 13.0. The maximum Gasteiger partial charge on any atom is 0.325 e. The Morgan fingerprint density at radius 3 is 1.01 bits per heavy atom. The lowest BCUT2D eigenvalue weighted by atomic mass is 9.99. The molecule has 0 aliphatic carbocycles. The number of aliphatic hydroxyl groups is 2. The Balaban J connectivity index is 2.66. The topological polar surface area (TPSA) is 936 Å². The van der Waals surface area contributed by atoms with Crippen molar-refractivity contribution in [1.82, 2.24) is 101 Å². The molecule has 0 saturated heterocycles. The Kier molecular flexibility index (Phi) is 57.7. The number of rotatable bonds is 68. The summed E-state index contributed by atoms with van der Waals surface area (Å²) < 4.78 is 0.772. The first-order valence-corrected chi connectivity index (χ1v) is 49.0. The van der Waals surface area contributed by atoms with Gasteiger partial charge in [-0.2, -0.15) is 0 Å². The van der Waals surface area contributed by atoms with Gasteiger partial charge in [0.05, 0.1) is 39.2 Å². The first-order chi connectivity index (χ1) is 68.3. The van der Waals surface area contributed by atoms with Crippen molar-refractivity contribution >= 4 is 187 Å². The molecule has 18 amide bonds. The average molecular weight is 2290 g/mol. The highest BCUT2D eigenvalue weighted by Crippen LogP contribution is 2.28. The van der Waals surface area contributed by atoms with E-state index in [1.807, 2.05) is 45.2 Å². The molecule has 2 unspecified atom stereocenters. The molecule has 146 heavy (non-hydrogen) atoms. The summed E-state index contributed by atoms with van der Waals surface area (Å²) in [4.78, 5) is 289. The molecule has 57 heteroatoms. The van der Waals surface area contributed by atoms with Gasteiger partial charge in [-0.1, -0.05) is 85.7 Å². The number of primary amides is 2. The first kappa shape index (κ1) is 128. The van der Waals surface area contributed by atoms with Gasteiger partial charge in [-0.05, 0) is 177 Å². The van der Waals surface area contributed by atoms with Crippen molar-refractivity contribution < 1.29 is 131 Å². The smallest absolute Gasteiger partial charge is 0.325 e. The average Bonchev–Trinajstić information content (AvgIpc) is 0.824. The molecule has 2 aromatic carbocycles. The van der Waals surface area contributed by atoms with Crippen LogP contribution >= 0.6 is 45.2 Å². The van der Waals surface area contributed by atoms with Crippen LogP contribution in [0, 0.1) is 47.0 Å². The highest BCUT2D eigenvalue weighted by molar-refractivity contribution is 14.1. The molecule has 814 valence electrons. The molecule has 2 rings (SSSR count). The fourth-order valence-corrected chi connectivity index (χ4v) is 16.0. The number of aliphatic carboxylic acids is 3. The monoisotopic (exact) mass is 2290 g/mol. The molecule has 0 aliphatic rings. The second-order valence-electron chi connectivity index (χ2n) is 36.1. The van der Waals surface area contributed by atoms with Gasteiger partial charge in [0.1, 0.15) is 102 Å². The zero-order valence-electron chi connectivity index (χ0n) is 82.7. The number of phenolic OH excluding ortho intramolecular Hbond substituents is 1. The molecular weight excluding hydrogens is 2150 g/mol. The summed E-state index contributed by atoms with van der Waals surface area (Å²) in [6.07, 6.45) is -8.81. The minimum Gasteiger partial charge on any atom is -0.506 e. The molecular formula is C89H142I2N28O27. The fraction of sp³-hybridized carbons (Fsp3) is 0.596. The standard InChI is InChI=1S/C89H142I2N28O27/c1-40(2)29-55(77(136)106-50(19-14-26-101-87(95)96)71(130)113-59(76(135)104-44(9)86(145)146)35-47-32-48(90)70(129)49(91)33-47)111-79(138)57(31-42(5)6)115-85(144)69(45(10)121)119-75(134)52(21-16-28-103-89(99)100)107-78(137)56(30-41(3)4)112-82(141)61(37-67(127)128)116-84(143)68(43(7)8)118-74(133)51(20-15-27-102-88(97)98)108-80(139)58(34-46-17-12-11-13-18-46)114-83(142)62(39-120)117-73(132)53(22-24-63(93)122)109-72(131)54(23-25-66(125)126)110-81(140)60(36-64(94)123)105-65(124)38-92/h11-13,17-18,32-33,40-45,50-62,68-69,120-121,129H,14-16,19-31,34-39,92H2,1-10H3,(H2,93,122)(H2,94,123)(H,104,135)(H,105,124)(H,106,136)(H,107,137)(H,108,139)(H,109,131)(H,110,140)(H,111,138)(H,112,141)(H,113,130)(H,114,142)(H,115,144)(H,116,143)(H,117,132)(H,118,133)(H,119,134)(H,125,126)(H,127,128)(H,145,146)(H4,95,96,101)(H4,97,98,102)(H4,99,100,103)/t44-,45?,50?,51-,52-,53-,54-,55-,56-,57-,58-,59-,60-,61-,62-,68-,69-/m0/s1. The number of nitrogens with two attached hydrogens (primary N) is 6. The predicted molar refractivity (Wildman–Crippen MR) is 541 cm³/mol. The van der Waals surface area contributed by atoms with Crippen LogP contribution in [-0.4, -0.2) is 308 Å². The van der Waals surface area contributed by atoms with Crippen molar-refractivity contribution in [3.05, 3.63) is 60.7 Å². The van der Waals surface area contributed by atoms with Crippen molar-refractivity contribution in [3.8, 4) is 5.75 Å². The second kappa shape index (κ2) is 65.6. The molecule has 17 atom stereocenters. The van der Waals surface area contributed by atoms with Crippen molar-refractivity contribution in [1.29, 1.82) is 16.2 Å². The highest BCUT2D eigenvalue weighted by Gasteiger charge is 2.42. The molecule has 0 aromatic heterocycles. The van der Waals surface area contributed by atoms with Crippen LogP contribution in [0.1, 0.15) is 177 Å². The summed E-state index contributed by atoms with van der Waals surface area (Å²) in [6, 6.07) is -16.9. The van der Waals surface area contributed by atoms with E-state index in [9.17, 15) is 131 Å². The number of halogens is 2. The minimum absolute atomic E-state index is 0.00772. The van der Waals surface area contributed by atoms with Crippen LogP contribution in [0.2, 0.25) is 0 Å². The van der Waals surface area contributed by atoms with Crippen molar-refractivity contribution in [2.75, 3.05) is 32.8 Å². The number of nitrogens with one attached hydrogen (secondary N) is 22. The molecule has 40 N–H and O–H groups in total. The first-order valence-electron chi connectivity index (χ1n) is 46.8. The number of aliphatic hydroxyl groups excluding tert-OH is 2. The Morgan fingerprint density at radius 2 is 0.658 bits per heavy atom. The van der Waals surface area contributed by atoms with Crippen LogP contribution in [0.5, 0.6) is 5.75 Å². The third kappa shape index (κ3) is 49.7. The van der Waals surface area contributed by atoms with Crippen LogP contribution in [0.15, 0.2) is 42.5 Å². The number of carboxylic acid groups (broad SMARTS) is 3. The molecule has 0 spiro atoms. The molecule has 0 bridgehead atoms. The lowest BCUT2D eigenvalue weighted by Gasteiger charge is -2.30. The van der Waals surface area contributed by atoms with E-state index in [1.165, 1.54) is 45.0 Å². The molecule has 0 fully saturated rings. The quantitative estimate of drug-likeness (QED) is 0.0127. The van der Waals surface area contributed by atoms with Gasteiger partial charge >= 0.3 is 17.9 Å². The third-order valence-electron chi connectivity index (χ3n) is 21.6. The molecule has 2 aromatic rings. The maximum atomic E-state index is 14.8. The van der Waals surface area contributed by atoms with Crippen LogP contribution in [-0.2, 0) is 114 Å². The summed E-state index contributed by atoms with van der Waals surface area (Å²) in [5, 5.41) is 131. The number of aromatic hydroxyl groups is 1. The van der Waals surface area contributed by atoms with E-state index in [-0.39, 0.29) is 95.5 Å². The number of carbonyl (C=O) groups is 21. The van der Waals surface area contributed by atoms with Crippen LogP contribution in [0.3, 0.4) is 0 Å². The van der Waals surface area contributed by atoms with Gasteiger partial charge < -0.3 is 166 Å². The Morgan fingerprint density at radius 1 is 0.349 bits per heavy atom. The number of amides is 18. The second-order valence-corrected chi connectivity index (χ2v) is 38.4. The summed E-state index contributed by atoms with van der Waals surface area (Å²) in [5.74, 6) is -28.7. The number of carbonyl (C=O) groups excluding carboxylic acids is 18. The van der Waals surface area contributed by atoms with E-state index in [0.29, 0.717) is 18.3 Å². The van der Waals surface area contributed by atoms with Gasteiger partial charge in [0.25, 0.3) is 0 Å². The van der Waals surface area contributed by atoms with Gasteiger partial charge in [-0.25, -0.2) is 0 Å². The van der Waals surface area contributed by atoms with E-state index >= 15 is 0 Å². The third-order valence-corrected chi connectivity index (χ3v) is 23.3. The van der Waals surface area contributed by atoms with Gasteiger partial charge in [0.2, 0.25) is 106 Å². The zero-order chi connectivity index (χ0) is 111. The number of phenols is 1. The largest absolute Gasteiger partial charge is 0.506 e. The molecule has 55 nitrogen and oxygen atoms in total. The van der Waals surface area contributed by atoms with Crippen LogP contribution in [0.4, 0.5) is 0 Å². The maximum absolute atomic E-state index is 14.8. The highest BCUT2D eigenvalue weighted by atomic mass is 127. The van der Waals surface area contributed by atoms with E-state index in [1.54, 1.807) is 59.7 Å². The van der Waals surface area contributed by atoms with Gasteiger partial charge in [-0.15, -0.1) is 0 Å². The number of benzene rings is 2. The van der Waals surface area contributed by atoms with Gasteiger partial charge in [-0.3, -0.25) is 117 Å². The predicted octanol–water partition coefficient (Wildman–Crippen LogP) is -8.36. The van der Waals surface area contributed by atoms with Crippen molar-refractivity contribution in [3.63, 3.8) is 0 Å². The van der Waals surface area contributed by atoms with Crippen molar-refractivity contribution in [2.45, 2.75) is 281 Å². The van der Waals surface area contributed by atoms with E-state index in [2.05, 4.69) is 101 Å². The SMILES string of the molecule is CC(C)C[C@H](NC(=O)[C@H](CC(C)C)NC(=O)[C@@H](NC(=O)[C@H](CCCNC(=N)N)NC(=O)[C@H](CC(C)C)NC(=O)[C@H](CC(=O)O)NC(=O)[C@@H](NC(=O)[C@H](CCCNC(=N)N)NC(=O)[C@H](Cc1ccccc1)NC(=O)[C@H](CO)NC(=O)[C@H](CCC(N)=O)NC(=O)[C@H](CCC(=O)O)NC(=O)[C@H](CC(N)=O)NC(=O)CN)C(C)C)C(C)O)C(=O)NC(CCCNC(=N)N)C(=O)N[C@@H](Cc1cc(I)c(O)c(I)c1)C(=O)N[C@@H](C)C(=O)O. The fourth-order valence-electron chi connectivity index (χ4n) is 14.1. The molecule has 0 heterocycles. The number of carboxylic acids is 3. The summed E-state index contributed by atoms with van der Waals surface area (Å²) in [7, 11) is 0. The number of hydrogen-bond donors (Lipinski definition) is 34. The van der Waals surface area contributed by atoms with Gasteiger partial charge in [0, 0.05) is 45.3 Å². The van der Waals surface area contributed by atoms with E-state index in [0.717, 1.165) is 6.92 Å². The summed E-state index contributed by atoms with van der Waals surface area (Å²) in [5.41, 5.74) is 33.4. The molecule has 0 radical (unpaired) electrons. The molecule has 0 aliphatic heterocycles. The number of guanidine groups is 3. The molecule has 0 saturated carbocycles. The van der Waals surface area contributed by atoms with E-state index < -0.39 is 321 Å². The lowest BCUT2D eigenvalue weighted by molar-refractivity contribution is -0.142. The zero-order valence-corrected chi connectivity index (χ0v) is 87.0. The van der Waals surface area contributed by atoms with Crippen LogP contribution in [0.25, 0.3) is 0 Å². The Labute approximate surface area is 869 Å². The lowest BCUT2D eigenvalue weighted by Crippen LogP contribution is -2.62. The van der Waals surface area contributed by atoms with Gasteiger partial charge in [0.15, 0.2) is 17.9 Å². The normalized spacial score (nSPS) is 14.6. The Bertz CT molecular complexity index is 4860. The van der Waals surface area contributed by atoms with Crippen LogP contribution < -0.4 is 135 Å². The summed E-state index contributed by atoms with van der Waals surface area (Å²) >= 11 is 3.73. The Hall–Kier alpha value is -13.7. The van der Waals surface area contributed by atoms with Crippen molar-refractivity contribution in [2.24, 2.45) is 58.1 Å². The van der Waals surface area contributed by atoms with E-state index in [4.69, 9.17) is 50.6 Å². The minimum atomic E-state index is -2.09.